The second kappa shape index (κ2) is 4.70. The van der Waals surface area contributed by atoms with E-state index in [1.54, 1.807) is 11.1 Å². The molecule has 1 aromatic rings. The molecule has 1 heteroatoms. The molecule has 0 heterocycles. The summed E-state index contributed by atoms with van der Waals surface area (Å²) in [5, 5.41) is 3.53. The van der Waals surface area contributed by atoms with Gasteiger partial charge >= 0.3 is 0 Å². The van der Waals surface area contributed by atoms with Crippen LogP contribution >= 0.6 is 0 Å². The van der Waals surface area contributed by atoms with Crippen molar-refractivity contribution in [2.24, 2.45) is 5.92 Å². The lowest BCUT2D eigenvalue weighted by Gasteiger charge is -2.38. The van der Waals surface area contributed by atoms with Gasteiger partial charge in [-0.25, -0.2) is 0 Å². The zero-order chi connectivity index (χ0) is 13.6. The average Bonchev–Trinajstić information content (AvgIpc) is 2.36. The van der Waals surface area contributed by atoms with E-state index in [1.165, 1.54) is 28.7 Å². The van der Waals surface area contributed by atoms with E-state index in [0.29, 0.717) is 12.0 Å². The summed E-state index contributed by atoms with van der Waals surface area (Å²) in [6.45, 7) is 13.9. The quantitative estimate of drug-likeness (QED) is 0.777. The first-order valence-electron chi connectivity index (χ1n) is 7.17. The van der Waals surface area contributed by atoms with E-state index in [2.05, 4.69) is 53.9 Å². The maximum absolute atomic E-state index is 3.53. The van der Waals surface area contributed by atoms with Gasteiger partial charge in [0.2, 0.25) is 0 Å². The summed E-state index contributed by atoms with van der Waals surface area (Å²) in [6, 6.07) is 0.532. The first kappa shape index (κ1) is 13.6. The second-order valence-electron chi connectivity index (χ2n) is 6.17. The summed E-state index contributed by atoms with van der Waals surface area (Å²) in [4.78, 5) is 0. The van der Waals surface area contributed by atoms with E-state index in [-0.39, 0.29) is 0 Å². The van der Waals surface area contributed by atoms with Crippen molar-refractivity contribution < 1.29 is 0 Å². The molecule has 1 nitrogen and oxygen atoms in total. The molecule has 100 valence electrons. The van der Waals surface area contributed by atoms with Crippen LogP contribution in [0.5, 0.6) is 0 Å². The third kappa shape index (κ3) is 1.80. The summed E-state index contributed by atoms with van der Waals surface area (Å²) in [6.07, 6.45) is 1.26. The molecule has 1 aliphatic rings. The van der Waals surface area contributed by atoms with Crippen LogP contribution < -0.4 is 5.32 Å². The zero-order valence-electron chi connectivity index (χ0n) is 12.9. The number of hydrogen-bond donors (Lipinski definition) is 1. The number of nitrogens with one attached hydrogen (secondary N) is 1. The highest BCUT2D eigenvalue weighted by atomic mass is 14.9. The van der Waals surface area contributed by atoms with Crippen LogP contribution in [-0.4, -0.2) is 7.05 Å². The van der Waals surface area contributed by atoms with E-state index < -0.39 is 0 Å². The number of rotatable bonds is 1. The average molecular weight is 245 g/mol. The normalized spacial score (nSPS) is 27.2. The fourth-order valence-electron chi connectivity index (χ4n) is 3.65. The molecule has 0 fully saturated rings. The highest BCUT2D eigenvalue weighted by molar-refractivity contribution is 5.53. The lowest BCUT2D eigenvalue weighted by atomic mass is 9.70. The van der Waals surface area contributed by atoms with Crippen molar-refractivity contribution >= 4 is 0 Å². The van der Waals surface area contributed by atoms with Crippen LogP contribution in [-0.2, 0) is 0 Å². The van der Waals surface area contributed by atoms with Crippen molar-refractivity contribution in [3.63, 3.8) is 0 Å². The molecule has 1 aliphatic carbocycles. The van der Waals surface area contributed by atoms with Crippen molar-refractivity contribution in [2.45, 2.75) is 59.9 Å². The molecule has 0 spiro atoms. The molecule has 0 saturated heterocycles. The molecule has 0 bridgehead atoms. The molecule has 3 atom stereocenters. The number of hydrogen-bond acceptors (Lipinski definition) is 1. The molecular formula is C17H27N. The molecule has 2 rings (SSSR count). The molecular weight excluding hydrogens is 218 g/mol. The van der Waals surface area contributed by atoms with Crippen LogP contribution in [0.15, 0.2) is 0 Å². The molecule has 0 amide bonds. The Kier molecular flexibility index (Phi) is 3.55. The van der Waals surface area contributed by atoms with E-state index in [4.69, 9.17) is 0 Å². The Balaban J connectivity index is 2.76. The van der Waals surface area contributed by atoms with E-state index in [1.807, 2.05) is 0 Å². The van der Waals surface area contributed by atoms with Gasteiger partial charge in [-0.2, -0.15) is 0 Å². The molecule has 0 radical (unpaired) electrons. The van der Waals surface area contributed by atoms with Crippen LogP contribution in [0.3, 0.4) is 0 Å². The third-order valence-corrected chi connectivity index (χ3v) is 5.40. The molecule has 1 aromatic carbocycles. The summed E-state index contributed by atoms with van der Waals surface area (Å²) < 4.78 is 0. The molecule has 0 saturated carbocycles. The minimum atomic E-state index is 0.532. The highest BCUT2D eigenvalue weighted by Gasteiger charge is 2.32. The Bertz CT molecular complexity index is 446. The van der Waals surface area contributed by atoms with Gasteiger partial charge in [0.05, 0.1) is 0 Å². The van der Waals surface area contributed by atoms with Crippen molar-refractivity contribution in [1.82, 2.24) is 5.32 Å². The van der Waals surface area contributed by atoms with Crippen LogP contribution in [0, 0.1) is 33.6 Å². The van der Waals surface area contributed by atoms with Crippen LogP contribution in [0.2, 0.25) is 0 Å². The third-order valence-electron chi connectivity index (χ3n) is 5.40. The Labute approximate surface area is 112 Å². The predicted molar refractivity (Wildman–Crippen MR) is 79.4 cm³/mol. The van der Waals surface area contributed by atoms with Crippen molar-refractivity contribution in [1.29, 1.82) is 0 Å². The Morgan fingerprint density at radius 2 is 1.33 bits per heavy atom. The first-order valence-corrected chi connectivity index (χ1v) is 7.17. The number of fused-ring (bicyclic) bond motifs is 1. The minimum absolute atomic E-state index is 0.532. The Morgan fingerprint density at radius 1 is 0.833 bits per heavy atom. The molecule has 0 aliphatic heterocycles. The smallest absolute Gasteiger partial charge is 0.0325 e. The minimum Gasteiger partial charge on any atom is -0.313 e. The maximum Gasteiger partial charge on any atom is 0.0325 e. The van der Waals surface area contributed by atoms with Gasteiger partial charge in [0.15, 0.2) is 0 Å². The standard InChI is InChI=1S/C17H27N/c1-9-8-15(18-7)17-14(6)12(4)11(3)13(5)16(17)10(9)2/h9-10,15,18H,8H2,1-7H3. The fraction of sp³-hybridized carbons (Fsp3) is 0.647. The van der Waals surface area contributed by atoms with Crippen molar-refractivity contribution in [2.75, 3.05) is 7.05 Å². The monoisotopic (exact) mass is 245 g/mol. The number of benzene rings is 1. The van der Waals surface area contributed by atoms with Crippen LogP contribution in [0.25, 0.3) is 0 Å². The lowest BCUT2D eigenvalue weighted by molar-refractivity contribution is 0.350. The van der Waals surface area contributed by atoms with Gasteiger partial charge in [-0.15, -0.1) is 0 Å². The SMILES string of the molecule is CNC1CC(C)C(C)c2c(C)c(C)c(C)c(C)c21. The largest absolute Gasteiger partial charge is 0.313 e. The summed E-state index contributed by atoms with van der Waals surface area (Å²) in [7, 11) is 2.10. The van der Waals surface area contributed by atoms with Gasteiger partial charge in [-0.1, -0.05) is 13.8 Å². The second-order valence-corrected chi connectivity index (χ2v) is 6.17. The molecule has 0 aromatic heterocycles. The predicted octanol–water partition coefficient (Wildman–Crippen LogP) is 4.32. The first-order chi connectivity index (χ1) is 8.40. The lowest BCUT2D eigenvalue weighted by Crippen LogP contribution is -2.30. The van der Waals surface area contributed by atoms with Gasteiger partial charge in [0.1, 0.15) is 0 Å². The summed E-state index contributed by atoms with van der Waals surface area (Å²) >= 11 is 0. The van der Waals surface area contributed by atoms with E-state index >= 15 is 0 Å². The van der Waals surface area contributed by atoms with E-state index in [0.717, 1.165) is 5.92 Å². The van der Waals surface area contributed by atoms with Gasteiger partial charge in [-0.3, -0.25) is 0 Å². The topological polar surface area (TPSA) is 12.0 Å². The Morgan fingerprint density at radius 3 is 1.83 bits per heavy atom. The Hall–Kier alpha value is -0.820. The van der Waals surface area contributed by atoms with Gasteiger partial charge < -0.3 is 5.32 Å². The molecule has 1 N–H and O–H groups in total. The van der Waals surface area contributed by atoms with Gasteiger partial charge in [0.25, 0.3) is 0 Å². The van der Waals surface area contributed by atoms with Crippen LogP contribution in [0.4, 0.5) is 0 Å². The highest BCUT2D eigenvalue weighted by Crippen LogP contribution is 2.45. The summed E-state index contributed by atoms with van der Waals surface area (Å²) in [5.41, 5.74) is 9.20. The van der Waals surface area contributed by atoms with E-state index in [9.17, 15) is 0 Å². The maximum atomic E-state index is 3.53. The van der Waals surface area contributed by atoms with Gasteiger partial charge in [0, 0.05) is 6.04 Å². The summed E-state index contributed by atoms with van der Waals surface area (Å²) in [5.74, 6) is 1.44. The van der Waals surface area contributed by atoms with Crippen molar-refractivity contribution in [3.05, 3.63) is 33.4 Å². The van der Waals surface area contributed by atoms with Gasteiger partial charge in [-0.05, 0) is 86.4 Å². The van der Waals surface area contributed by atoms with Crippen LogP contribution in [0.1, 0.15) is 65.6 Å². The fourth-order valence-corrected chi connectivity index (χ4v) is 3.65. The zero-order valence-corrected chi connectivity index (χ0v) is 12.9. The van der Waals surface area contributed by atoms with Crippen molar-refractivity contribution in [3.8, 4) is 0 Å². The molecule has 3 unspecified atom stereocenters. The molecule has 18 heavy (non-hydrogen) atoms.